The summed E-state index contributed by atoms with van der Waals surface area (Å²) in [7, 11) is -0.685. The van der Waals surface area contributed by atoms with Crippen LogP contribution in [0.4, 0.5) is 0 Å². The number of carbonyl (C=O) groups excluding carboxylic acids is 1. The lowest BCUT2D eigenvalue weighted by atomic mass is 10.1. The molecule has 0 bridgehead atoms. The number of nitrogens with one attached hydrogen (secondary N) is 1. The van der Waals surface area contributed by atoms with Crippen molar-refractivity contribution in [3.63, 3.8) is 0 Å². The quantitative estimate of drug-likeness (QED) is 0.756. The fraction of sp³-hybridized carbons (Fsp3) is 0.588. The maximum atomic E-state index is 13.1. The van der Waals surface area contributed by atoms with Crippen molar-refractivity contribution < 1.29 is 22.7 Å². The SMILES string of the molecule is COc1ccc(S(=O)(=O)N2CCCC(N3CCNCC3=O)C2)cc1OC.Cl. The molecule has 1 aromatic carbocycles. The molecule has 1 N–H and O–H groups in total. The van der Waals surface area contributed by atoms with Gasteiger partial charge in [-0.2, -0.15) is 4.31 Å². The fourth-order valence-electron chi connectivity index (χ4n) is 3.53. The lowest BCUT2D eigenvalue weighted by Gasteiger charge is -2.40. The van der Waals surface area contributed by atoms with Crippen LogP contribution in [-0.2, 0) is 14.8 Å². The number of piperidine rings is 1. The molecule has 3 rings (SSSR count). The summed E-state index contributed by atoms with van der Waals surface area (Å²) in [6.45, 7) is 2.45. The van der Waals surface area contributed by atoms with Gasteiger partial charge >= 0.3 is 0 Å². The van der Waals surface area contributed by atoms with E-state index in [1.54, 1.807) is 6.07 Å². The van der Waals surface area contributed by atoms with E-state index in [2.05, 4.69) is 5.32 Å². The van der Waals surface area contributed by atoms with Gasteiger partial charge in [0.1, 0.15) is 0 Å². The van der Waals surface area contributed by atoms with Crippen molar-refractivity contribution in [3.05, 3.63) is 18.2 Å². The van der Waals surface area contributed by atoms with Gasteiger partial charge in [-0.15, -0.1) is 12.4 Å². The predicted molar refractivity (Wildman–Crippen MR) is 103 cm³/mol. The van der Waals surface area contributed by atoms with Crippen LogP contribution < -0.4 is 14.8 Å². The Morgan fingerprint density at radius 3 is 2.56 bits per heavy atom. The first-order valence-corrected chi connectivity index (χ1v) is 10.1. The van der Waals surface area contributed by atoms with E-state index in [-0.39, 0.29) is 29.3 Å². The molecule has 2 aliphatic heterocycles. The van der Waals surface area contributed by atoms with Gasteiger partial charge in [0.15, 0.2) is 11.5 Å². The van der Waals surface area contributed by atoms with E-state index >= 15 is 0 Å². The van der Waals surface area contributed by atoms with Crippen molar-refractivity contribution in [2.24, 2.45) is 0 Å². The van der Waals surface area contributed by atoms with Crippen molar-refractivity contribution in [1.29, 1.82) is 0 Å². The summed E-state index contributed by atoms with van der Waals surface area (Å²) >= 11 is 0. The van der Waals surface area contributed by atoms with E-state index in [9.17, 15) is 13.2 Å². The molecule has 27 heavy (non-hydrogen) atoms. The van der Waals surface area contributed by atoms with E-state index < -0.39 is 10.0 Å². The minimum absolute atomic E-state index is 0. The van der Waals surface area contributed by atoms with E-state index in [0.717, 1.165) is 19.4 Å². The molecule has 1 unspecified atom stereocenters. The number of nitrogens with zero attached hydrogens (tertiary/aromatic N) is 2. The number of sulfonamides is 1. The lowest BCUT2D eigenvalue weighted by molar-refractivity contribution is -0.135. The number of hydrogen-bond donors (Lipinski definition) is 1. The summed E-state index contributed by atoms with van der Waals surface area (Å²) in [5.74, 6) is 0.889. The molecule has 1 amide bonds. The summed E-state index contributed by atoms with van der Waals surface area (Å²) < 4.78 is 38.0. The molecular weight excluding hydrogens is 394 g/mol. The van der Waals surface area contributed by atoms with Gasteiger partial charge in [-0.25, -0.2) is 8.42 Å². The summed E-state index contributed by atoms with van der Waals surface area (Å²) in [5, 5.41) is 3.05. The number of benzene rings is 1. The van der Waals surface area contributed by atoms with Crippen LogP contribution in [0.2, 0.25) is 0 Å². The van der Waals surface area contributed by atoms with Crippen LogP contribution in [-0.4, -0.2) is 76.5 Å². The number of halogens is 1. The van der Waals surface area contributed by atoms with E-state index in [0.29, 0.717) is 37.7 Å². The molecule has 2 heterocycles. The van der Waals surface area contributed by atoms with Gasteiger partial charge in [0.2, 0.25) is 15.9 Å². The fourth-order valence-corrected chi connectivity index (χ4v) is 5.06. The van der Waals surface area contributed by atoms with Crippen LogP contribution in [0, 0.1) is 0 Å². The van der Waals surface area contributed by atoms with Crippen LogP contribution in [0.1, 0.15) is 12.8 Å². The zero-order valence-electron chi connectivity index (χ0n) is 15.5. The van der Waals surface area contributed by atoms with Crippen LogP contribution >= 0.6 is 12.4 Å². The van der Waals surface area contributed by atoms with Gasteiger partial charge in [-0.1, -0.05) is 0 Å². The van der Waals surface area contributed by atoms with Crippen molar-refractivity contribution >= 4 is 28.3 Å². The van der Waals surface area contributed by atoms with Crippen LogP contribution in [0.3, 0.4) is 0 Å². The Bertz CT molecular complexity index is 774. The third-order valence-electron chi connectivity index (χ3n) is 4.92. The van der Waals surface area contributed by atoms with Crippen molar-refractivity contribution in [2.45, 2.75) is 23.8 Å². The topological polar surface area (TPSA) is 88.2 Å². The van der Waals surface area contributed by atoms with Gasteiger partial charge in [0, 0.05) is 38.3 Å². The molecule has 2 aliphatic rings. The summed E-state index contributed by atoms with van der Waals surface area (Å²) in [6.07, 6.45) is 1.55. The summed E-state index contributed by atoms with van der Waals surface area (Å²) in [6, 6.07) is 4.52. The first kappa shape index (κ1) is 21.7. The van der Waals surface area contributed by atoms with Gasteiger partial charge in [-0.3, -0.25) is 4.79 Å². The number of hydrogen-bond acceptors (Lipinski definition) is 6. The molecule has 2 fully saturated rings. The van der Waals surface area contributed by atoms with Crippen molar-refractivity contribution in [1.82, 2.24) is 14.5 Å². The number of amides is 1. The minimum atomic E-state index is -3.66. The molecule has 1 atom stereocenters. The molecule has 1 aromatic rings. The van der Waals surface area contributed by atoms with Crippen LogP contribution in [0.5, 0.6) is 11.5 Å². The van der Waals surface area contributed by atoms with Gasteiger partial charge in [-0.05, 0) is 25.0 Å². The van der Waals surface area contributed by atoms with E-state index in [1.807, 2.05) is 4.90 Å². The number of ether oxygens (including phenoxy) is 2. The Labute approximate surface area is 166 Å². The second-order valence-electron chi connectivity index (χ2n) is 6.44. The van der Waals surface area contributed by atoms with Crippen molar-refractivity contribution in [3.8, 4) is 11.5 Å². The number of piperazine rings is 1. The Morgan fingerprint density at radius 2 is 1.89 bits per heavy atom. The summed E-state index contributed by atoms with van der Waals surface area (Å²) in [4.78, 5) is 14.1. The number of methoxy groups -OCH3 is 2. The van der Waals surface area contributed by atoms with Gasteiger partial charge in [0.05, 0.1) is 25.7 Å². The number of carbonyl (C=O) groups is 1. The second-order valence-corrected chi connectivity index (χ2v) is 8.38. The molecule has 0 saturated carbocycles. The van der Waals surface area contributed by atoms with Gasteiger partial charge < -0.3 is 19.7 Å². The molecule has 2 saturated heterocycles. The van der Waals surface area contributed by atoms with Gasteiger partial charge in [0.25, 0.3) is 0 Å². The summed E-state index contributed by atoms with van der Waals surface area (Å²) in [5.41, 5.74) is 0. The molecular formula is C17H26ClN3O5S. The average molecular weight is 420 g/mol. The zero-order valence-corrected chi connectivity index (χ0v) is 17.1. The van der Waals surface area contributed by atoms with E-state index in [4.69, 9.17) is 9.47 Å². The standard InChI is InChI=1S/C17H25N3O5S.ClH/c1-24-15-6-5-14(10-16(15)25-2)26(22,23)19-8-3-4-13(12-19)20-9-7-18-11-17(20)21;/h5-6,10,13,18H,3-4,7-9,11-12H2,1-2H3;1H. The highest BCUT2D eigenvalue weighted by Crippen LogP contribution is 2.31. The third kappa shape index (κ3) is 4.48. The van der Waals surface area contributed by atoms with Crippen molar-refractivity contribution in [2.75, 3.05) is 46.9 Å². The Morgan fingerprint density at radius 1 is 1.15 bits per heavy atom. The maximum absolute atomic E-state index is 13.1. The number of rotatable bonds is 5. The normalized spacial score (nSPS) is 21.5. The minimum Gasteiger partial charge on any atom is -0.493 e. The zero-order chi connectivity index (χ0) is 18.7. The molecule has 0 aliphatic carbocycles. The maximum Gasteiger partial charge on any atom is 0.243 e. The molecule has 0 spiro atoms. The highest BCUT2D eigenvalue weighted by Gasteiger charge is 2.35. The highest BCUT2D eigenvalue weighted by molar-refractivity contribution is 7.89. The largest absolute Gasteiger partial charge is 0.493 e. The first-order chi connectivity index (χ1) is 12.5. The van der Waals surface area contributed by atoms with Crippen LogP contribution in [0.15, 0.2) is 23.1 Å². The third-order valence-corrected chi connectivity index (χ3v) is 6.78. The molecule has 152 valence electrons. The Kier molecular flexibility index (Phi) is 7.32. The molecule has 10 heteroatoms. The smallest absolute Gasteiger partial charge is 0.243 e. The monoisotopic (exact) mass is 419 g/mol. The average Bonchev–Trinajstić information content (AvgIpc) is 2.67. The molecule has 0 aromatic heterocycles. The van der Waals surface area contributed by atoms with Crippen LogP contribution in [0.25, 0.3) is 0 Å². The molecule has 8 nitrogen and oxygen atoms in total. The van der Waals surface area contributed by atoms with E-state index in [1.165, 1.54) is 30.7 Å². The Hall–Kier alpha value is -1.55. The Balaban J connectivity index is 0.00000261. The highest BCUT2D eigenvalue weighted by atomic mass is 35.5. The first-order valence-electron chi connectivity index (χ1n) is 8.69. The second kappa shape index (κ2) is 9.09. The lowest BCUT2D eigenvalue weighted by Crippen LogP contribution is -2.57. The molecule has 0 radical (unpaired) electrons. The predicted octanol–water partition coefficient (Wildman–Crippen LogP) is 0.710.